The fraction of sp³-hybridized carbons (Fsp3) is 0.500. The standard InChI is InChI=1S/C12H15ClN2O4S/c1-9-5-7-14(8-6-9)20(18,19)12-10(13)3-2-4-11(12)15(16)17/h2-4,9H,5-8H2,1H3. The molecule has 0 amide bonds. The first-order chi connectivity index (χ1) is 9.34. The van der Waals surface area contributed by atoms with Gasteiger partial charge in [0.15, 0.2) is 4.90 Å². The number of hydrogen-bond acceptors (Lipinski definition) is 4. The van der Waals surface area contributed by atoms with E-state index in [1.165, 1.54) is 16.4 Å². The molecule has 0 aromatic heterocycles. The van der Waals surface area contributed by atoms with Crippen molar-refractivity contribution in [3.8, 4) is 0 Å². The van der Waals surface area contributed by atoms with Crippen LogP contribution in [0.2, 0.25) is 5.02 Å². The lowest BCUT2D eigenvalue weighted by Gasteiger charge is -2.29. The molecule has 1 aliphatic rings. The largest absolute Gasteiger partial charge is 0.290 e. The maximum absolute atomic E-state index is 12.6. The fourth-order valence-electron chi connectivity index (χ4n) is 2.25. The molecule has 0 radical (unpaired) electrons. The van der Waals surface area contributed by atoms with Crippen LogP contribution >= 0.6 is 11.6 Å². The van der Waals surface area contributed by atoms with Crippen LogP contribution in [-0.2, 0) is 10.0 Å². The van der Waals surface area contributed by atoms with E-state index in [2.05, 4.69) is 6.92 Å². The molecule has 0 atom stereocenters. The van der Waals surface area contributed by atoms with E-state index in [1.54, 1.807) is 0 Å². The Labute approximate surface area is 122 Å². The average Bonchev–Trinajstić information content (AvgIpc) is 2.38. The predicted octanol–water partition coefficient (Wildman–Crippen LogP) is 2.67. The maximum Gasteiger partial charge on any atom is 0.290 e. The number of hydrogen-bond donors (Lipinski definition) is 0. The van der Waals surface area contributed by atoms with E-state index in [9.17, 15) is 18.5 Å². The highest BCUT2D eigenvalue weighted by Crippen LogP contribution is 2.34. The molecule has 0 unspecified atom stereocenters. The lowest BCUT2D eigenvalue weighted by Crippen LogP contribution is -2.38. The summed E-state index contributed by atoms with van der Waals surface area (Å²) in [4.78, 5) is 9.90. The molecule has 0 aliphatic carbocycles. The Morgan fingerprint density at radius 2 is 1.95 bits per heavy atom. The number of nitrogens with zero attached hydrogens (tertiary/aromatic N) is 2. The zero-order valence-corrected chi connectivity index (χ0v) is 12.5. The van der Waals surface area contributed by atoms with E-state index in [-0.39, 0.29) is 5.02 Å². The summed E-state index contributed by atoms with van der Waals surface area (Å²) in [5.41, 5.74) is -0.476. The van der Waals surface area contributed by atoms with E-state index in [0.717, 1.165) is 18.9 Å². The first-order valence-corrected chi connectivity index (χ1v) is 8.09. The van der Waals surface area contributed by atoms with Crippen molar-refractivity contribution in [2.45, 2.75) is 24.7 Å². The molecular weight excluding hydrogens is 304 g/mol. The smallest absolute Gasteiger partial charge is 0.258 e. The Balaban J connectivity index is 2.47. The SMILES string of the molecule is CC1CCN(S(=O)(=O)c2c(Cl)cccc2[N+](=O)[O-])CC1. The van der Waals surface area contributed by atoms with Gasteiger partial charge in [0.2, 0.25) is 0 Å². The van der Waals surface area contributed by atoms with Crippen molar-refractivity contribution in [1.29, 1.82) is 0 Å². The highest BCUT2D eigenvalue weighted by molar-refractivity contribution is 7.89. The highest BCUT2D eigenvalue weighted by atomic mass is 35.5. The van der Waals surface area contributed by atoms with Crippen molar-refractivity contribution in [2.75, 3.05) is 13.1 Å². The van der Waals surface area contributed by atoms with Crippen LogP contribution in [0, 0.1) is 16.0 Å². The van der Waals surface area contributed by atoms with Crippen LogP contribution in [0.1, 0.15) is 19.8 Å². The van der Waals surface area contributed by atoms with Gasteiger partial charge in [-0.1, -0.05) is 24.6 Å². The number of sulfonamides is 1. The summed E-state index contributed by atoms with van der Waals surface area (Å²) in [6.07, 6.45) is 1.50. The van der Waals surface area contributed by atoms with Gasteiger partial charge in [-0.15, -0.1) is 0 Å². The summed E-state index contributed by atoms with van der Waals surface area (Å²) in [6, 6.07) is 3.89. The summed E-state index contributed by atoms with van der Waals surface area (Å²) >= 11 is 5.90. The van der Waals surface area contributed by atoms with Crippen LogP contribution in [0.4, 0.5) is 5.69 Å². The van der Waals surface area contributed by atoms with E-state index in [4.69, 9.17) is 11.6 Å². The van der Waals surface area contributed by atoms with Crippen LogP contribution < -0.4 is 0 Å². The zero-order chi connectivity index (χ0) is 14.9. The molecule has 1 saturated heterocycles. The lowest BCUT2D eigenvalue weighted by atomic mass is 10.0. The normalized spacial score (nSPS) is 18.1. The Hall–Kier alpha value is -1.18. The summed E-state index contributed by atoms with van der Waals surface area (Å²) in [6.45, 7) is 2.79. The number of piperidine rings is 1. The third kappa shape index (κ3) is 2.79. The van der Waals surface area contributed by atoms with Gasteiger partial charge in [0.25, 0.3) is 15.7 Å². The minimum absolute atomic E-state index is 0.113. The summed E-state index contributed by atoms with van der Waals surface area (Å²) in [5.74, 6) is 0.461. The minimum Gasteiger partial charge on any atom is -0.258 e. The van der Waals surface area contributed by atoms with Gasteiger partial charge in [0, 0.05) is 19.2 Å². The number of halogens is 1. The summed E-state index contributed by atoms with van der Waals surface area (Å²) < 4.78 is 26.4. The average molecular weight is 319 g/mol. The second-order valence-corrected chi connectivity index (χ2v) is 7.21. The summed E-state index contributed by atoms with van der Waals surface area (Å²) in [7, 11) is -3.93. The van der Waals surface area contributed by atoms with Gasteiger partial charge >= 0.3 is 0 Å². The van der Waals surface area contributed by atoms with Crippen molar-refractivity contribution in [3.05, 3.63) is 33.3 Å². The predicted molar refractivity (Wildman–Crippen MR) is 75.3 cm³/mol. The molecule has 1 aliphatic heterocycles. The van der Waals surface area contributed by atoms with Gasteiger partial charge in [-0.05, 0) is 24.8 Å². The topological polar surface area (TPSA) is 80.5 Å². The molecule has 1 fully saturated rings. The third-order valence-corrected chi connectivity index (χ3v) is 5.90. The Morgan fingerprint density at radius 3 is 2.50 bits per heavy atom. The molecule has 0 bridgehead atoms. The molecule has 1 aromatic rings. The van der Waals surface area contributed by atoms with E-state index >= 15 is 0 Å². The van der Waals surface area contributed by atoms with Gasteiger partial charge in [-0.25, -0.2) is 8.42 Å². The van der Waals surface area contributed by atoms with Crippen LogP contribution in [-0.4, -0.2) is 30.7 Å². The zero-order valence-electron chi connectivity index (χ0n) is 11.0. The van der Waals surface area contributed by atoms with Crippen LogP contribution in [0.15, 0.2) is 23.1 Å². The number of benzene rings is 1. The molecule has 1 aromatic carbocycles. The third-order valence-electron chi connectivity index (χ3n) is 3.48. The Bertz CT molecular complexity index is 624. The first-order valence-electron chi connectivity index (χ1n) is 6.27. The van der Waals surface area contributed by atoms with Crippen molar-refractivity contribution >= 4 is 27.3 Å². The minimum atomic E-state index is -3.93. The second-order valence-electron chi connectivity index (χ2n) is 4.93. The van der Waals surface area contributed by atoms with Gasteiger partial charge in [0.1, 0.15) is 0 Å². The van der Waals surface area contributed by atoms with E-state index in [0.29, 0.717) is 19.0 Å². The van der Waals surface area contributed by atoms with Crippen LogP contribution in [0.5, 0.6) is 0 Å². The van der Waals surface area contributed by atoms with Gasteiger partial charge in [0.05, 0.1) is 9.95 Å². The van der Waals surface area contributed by atoms with Gasteiger partial charge in [-0.2, -0.15) is 4.31 Å². The molecule has 0 saturated carbocycles. The van der Waals surface area contributed by atoms with Crippen molar-refractivity contribution in [3.63, 3.8) is 0 Å². The highest BCUT2D eigenvalue weighted by Gasteiger charge is 2.35. The molecular formula is C12H15ClN2O4S. The quantitative estimate of drug-likeness (QED) is 0.634. The molecule has 0 spiro atoms. The number of nitro groups is 1. The number of rotatable bonds is 3. The van der Waals surface area contributed by atoms with E-state index < -0.39 is 25.5 Å². The molecule has 0 N–H and O–H groups in total. The van der Waals surface area contributed by atoms with Crippen molar-refractivity contribution in [1.82, 2.24) is 4.31 Å². The van der Waals surface area contributed by atoms with Gasteiger partial charge in [-0.3, -0.25) is 10.1 Å². The molecule has 2 rings (SSSR count). The van der Waals surface area contributed by atoms with E-state index in [1.807, 2.05) is 0 Å². The van der Waals surface area contributed by atoms with Crippen molar-refractivity contribution in [2.24, 2.45) is 5.92 Å². The molecule has 6 nitrogen and oxygen atoms in total. The van der Waals surface area contributed by atoms with Crippen molar-refractivity contribution < 1.29 is 13.3 Å². The molecule has 8 heteroatoms. The number of nitro benzene ring substituents is 1. The van der Waals surface area contributed by atoms with Gasteiger partial charge < -0.3 is 0 Å². The maximum atomic E-state index is 12.6. The summed E-state index contributed by atoms with van der Waals surface area (Å²) in [5, 5.41) is 10.9. The first kappa shape index (κ1) is 15.2. The molecule has 1 heterocycles. The molecule has 20 heavy (non-hydrogen) atoms. The molecule has 110 valence electrons. The second kappa shape index (κ2) is 5.67. The van der Waals surface area contributed by atoms with Crippen LogP contribution in [0.25, 0.3) is 0 Å². The fourth-order valence-corrected chi connectivity index (χ4v) is 4.38. The Morgan fingerprint density at radius 1 is 1.35 bits per heavy atom. The lowest BCUT2D eigenvalue weighted by molar-refractivity contribution is -0.387. The van der Waals surface area contributed by atoms with Crippen LogP contribution in [0.3, 0.4) is 0 Å². The monoisotopic (exact) mass is 318 g/mol. The Kier molecular flexibility index (Phi) is 4.31.